The molecule has 1 N–H and O–H groups in total. The zero-order valence-electron chi connectivity index (χ0n) is 13.6. The number of nitrogens with one attached hydrogen (secondary N) is 1. The third-order valence-electron chi connectivity index (χ3n) is 5.10. The molecule has 0 saturated heterocycles. The highest BCUT2D eigenvalue weighted by Crippen LogP contribution is 2.44. The van der Waals surface area contributed by atoms with Gasteiger partial charge in [0.15, 0.2) is 0 Å². The van der Waals surface area contributed by atoms with Crippen molar-refractivity contribution in [3.8, 4) is 0 Å². The van der Waals surface area contributed by atoms with Crippen LogP contribution in [-0.2, 0) is 0 Å². The average molecular weight is 331 g/mol. The predicted octanol–water partition coefficient (Wildman–Crippen LogP) is 6.52. The van der Waals surface area contributed by atoms with Crippen molar-refractivity contribution in [2.24, 2.45) is 5.92 Å². The van der Waals surface area contributed by atoms with E-state index in [-0.39, 0.29) is 0 Å². The molecular formula is C22H21NS. The van der Waals surface area contributed by atoms with Crippen molar-refractivity contribution in [2.75, 3.05) is 0 Å². The van der Waals surface area contributed by atoms with Crippen molar-refractivity contribution in [3.05, 3.63) is 76.5 Å². The zero-order valence-corrected chi connectivity index (χ0v) is 14.4. The van der Waals surface area contributed by atoms with Gasteiger partial charge in [-0.2, -0.15) is 11.3 Å². The molecule has 0 spiro atoms. The molecule has 2 aliphatic carbocycles. The Kier molecular flexibility index (Phi) is 4.31. The minimum absolute atomic E-state index is 0.551. The van der Waals surface area contributed by atoms with Gasteiger partial charge in [0.05, 0.1) is 0 Å². The van der Waals surface area contributed by atoms with E-state index in [0.29, 0.717) is 11.8 Å². The van der Waals surface area contributed by atoms with Gasteiger partial charge >= 0.3 is 0 Å². The van der Waals surface area contributed by atoms with Gasteiger partial charge in [0.2, 0.25) is 0 Å². The molecule has 5 rings (SSSR count). The first-order valence-electron chi connectivity index (χ1n) is 8.56. The first kappa shape index (κ1) is 15.3. The number of thiophene rings is 1. The van der Waals surface area contributed by atoms with Crippen LogP contribution in [0.15, 0.2) is 65.4 Å². The number of hydrogen-bond donors (Lipinski definition) is 1. The van der Waals surface area contributed by atoms with E-state index in [1.54, 1.807) is 11.3 Å². The van der Waals surface area contributed by atoms with E-state index in [1.807, 2.05) is 22.9 Å². The Morgan fingerprint density at radius 2 is 1.79 bits per heavy atom. The minimum atomic E-state index is 0.551. The molecule has 0 radical (unpaired) electrons. The topological polar surface area (TPSA) is 23.9 Å². The second kappa shape index (κ2) is 6.74. The number of rotatable bonds is 0. The summed E-state index contributed by atoms with van der Waals surface area (Å²) < 4.78 is 0. The number of hydrogen-bond acceptors (Lipinski definition) is 2. The Morgan fingerprint density at radius 1 is 0.958 bits per heavy atom. The lowest BCUT2D eigenvalue weighted by Crippen LogP contribution is -2.24. The van der Waals surface area contributed by atoms with Gasteiger partial charge in [0.25, 0.3) is 0 Å². The molecule has 2 unspecified atom stereocenters. The lowest BCUT2D eigenvalue weighted by molar-refractivity contribution is 0.460. The Bertz CT molecular complexity index is 859. The van der Waals surface area contributed by atoms with Crippen LogP contribution in [-0.4, -0.2) is 5.71 Å². The number of allylic oxidation sites excluding steroid dienone is 1. The van der Waals surface area contributed by atoms with Gasteiger partial charge in [-0.3, -0.25) is 0 Å². The van der Waals surface area contributed by atoms with E-state index < -0.39 is 0 Å². The second-order valence-corrected chi connectivity index (χ2v) is 7.38. The zero-order chi connectivity index (χ0) is 16.4. The van der Waals surface area contributed by atoms with E-state index >= 15 is 0 Å². The van der Waals surface area contributed by atoms with Crippen LogP contribution in [0.5, 0.6) is 0 Å². The number of benzene rings is 2. The molecule has 2 atom stereocenters. The van der Waals surface area contributed by atoms with Gasteiger partial charge in [0, 0.05) is 5.71 Å². The molecule has 1 heterocycles. The third-order valence-corrected chi connectivity index (χ3v) is 5.72. The van der Waals surface area contributed by atoms with Gasteiger partial charge in [-0.15, -0.1) is 0 Å². The highest BCUT2D eigenvalue weighted by Gasteiger charge is 2.31. The fourth-order valence-corrected chi connectivity index (χ4v) is 4.38. The minimum Gasteiger partial charge on any atom is -0.310 e. The van der Waals surface area contributed by atoms with Crippen LogP contribution in [0, 0.1) is 11.3 Å². The Balaban J connectivity index is 0.000000252. The molecule has 2 heteroatoms. The Morgan fingerprint density at radius 3 is 2.58 bits per heavy atom. The van der Waals surface area contributed by atoms with Crippen LogP contribution in [0.4, 0.5) is 0 Å². The standard InChI is InChI=1S/C18H17N.C4H4S/c19-14-7-10-16-13(11-14)6-9-17-15-4-2-1-3-12(15)5-8-18(16)17;1-2-4-5-3-1/h1-6,8-9,13,16,19H,7,10-11H2;1-4H. The largest absolute Gasteiger partial charge is 0.310 e. The summed E-state index contributed by atoms with van der Waals surface area (Å²) in [5.74, 6) is 1.17. The van der Waals surface area contributed by atoms with Crippen LogP contribution in [0.1, 0.15) is 36.3 Å². The molecule has 0 bridgehead atoms. The van der Waals surface area contributed by atoms with Gasteiger partial charge in [-0.05, 0) is 63.8 Å². The van der Waals surface area contributed by atoms with Gasteiger partial charge in [-0.25, -0.2) is 0 Å². The summed E-state index contributed by atoms with van der Waals surface area (Å²) in [7, 11) is 0. The van der Waals surface area contributed by atoms with Crippen LogP contribution in [0.2, 0.25) is 0 Å². The molecular weight excluding hydrogens is 310 g/mol. The summed E-state index contributed by atoms with van der Waals surface area (Å²) in [6.07, 6.45) is 7.69. The molecule has 1 aromatic heterocycles. The van der Waals surface area contributed by atoms with Crippen molar-refractivity contribution in [2.45, 2.75) is 25.2 Å². The molecule has 1 nitrogen and oxygen atoms in total. The normalized spacial score (nSPS) is 21.6. The average Bonchev–Trinajstić information content (AvgIpc) is 3.21. The predicted molar refractivity (Wildman–Crippen MR) is 105 cm³/mol. The molecule has 3 aromatic rings. The summed E-state index contributed by atoms with van der Waals surface area (Å²) in [4.78, 5) is 0. The van der Waals surface area contributed by atoms with E-state index in [1.165, 1.54) is 21.9 Å². The molecule has 120 valence electrons. The highest BCUT2D eigenvalue weighted by atomic mass is 32.1. The molecule has 0 aliphatic heterocycles. The van der Waals surface area contributed by atoms with E-state index in [9.17, 15) is 0 Å². The maximum absolute atomic E-state index is 7.89. The summed E-state index contributed by atoms with van der Waals surface area (Å²) in [6, 6.07) is 17.2. The third kappa shape index (κ3) is 2.94. The molecule has 1 fully saturated rings. The fraction of sp³-hybridized carbons (Fsp3) is 0.227. The SMILES string of the molecule is N=C1CCC2c3ccc4ccccc4c3C=CC2C1.c1ccsc1. The molecule has 1 saturated carbocycles. The highest BCUT2D eigenvalue weighted by molar-refractivity contribution is 7.07. The van der Waals surface area contributed by atoms with E-state index in [0.717, 1.165) is 25.0 Å². The van der Waals surface area contributed by atoms with Crippen LogP contribution < -0.4 is 0 Å². The lowest BCUT2D eigenvalue weighted by atomic mass is 9.70. The van der Waals surface area contributed by atoms with Crippen molar-refractivity contribution < 1.29 is 0 Å². The molecule has 2 aromatic carbocycles. The van der Waals surface area contributed by atoms with Crippen molar-refractivity contribution >= 4 is 33.9 Å². The van der Waals surface area contributed by atoms with E-state index in [2.05, 4.69) is 48.6 Å². The molecule has 24 heavy (non-hydrogen) atoms. The maximum Gasteiger partial charge on any atom is 0.00954 e. The monoisotopic (exact) mass is 331 g/mol. The van der Waals surface area contributed by atoms with Gasteiger partial charge < -0.3 is 5.41 Å². The first-order chi connectivity index (χ1) is 11.8. The quantitative estimate of drug-likeness (QED) is 0.485. The maximum atomic E-state index is 7.89. The van der Waals surface area contributed by atoms with Crippen molar-refractivity contribution in [3.63, 3.8) is 0 Å². The molecule has 2 aliphatic rings. The molecule has 0 amide bonds. The second-order valence-electron chi connectivity index (χ2n) is 6.56. The lowest BCUT2D eigenvalue weighted by Gasteiger charge is -2.34. The summed E-state index contributed by atoms with van der Waals surface area (Å²) >= 11 is 1.71. The summed E-state index contributed by atoms with van der Waals surface area (Å²) in [5, 5.41) is 14.7. The van der Waals surface area contributed by atoms with Crippen molar-refractivity contribution in [1.82, 2.24) is 0 Å². The van der Waals surface area contributed by atoms with Gasteiger partial charge in [-0.1, -0.05) is 60.7 Å². The Labute approximate surface area is 147 Å². The van der Waals surface area contributed by atoms with Crippen LogP contribution in [0.3, 0.4) is 0 Å². The van der Waals surface area contributed by atoms with Crippen LogP contribution in [0.25, 0.3) is 16.8 Å². The summed E-state index contributed by atoms with van der Waals surface area (Å²) in [5.41, 5.74) is 3.83. The smallest absolute Gasteiger partial charge is 0.00954 e. The summed E-state index contributed by atoms with van der Waals surface area (Å²) in [6.45, 7) is 0. The van der Waals surface area contributed by atoms with Crippen molar-refractivity contribution in [1.29, 1.82) is 5.41 Å². The van der Waals surface area contributed by atoms with Crippen LogP contribution >= 0.6 is 11.3 Å². The first-order valence-corrected chi connectivity index (χ1v) is 9.50. The van der Waals surface area contributed by atoms with Gasteiger partial charge in [0.1, 0.15) is 0 Å². The Hall–Kier alpha value is -2.19. The van der Waals surface area contributed by atoms with E-state index in [4.69, 9.17) is 5.41 Å². The fourth-order valence-electron chi connectivity index (χ4n) is 3.93. The number of fused-ring (bicyclic) bond motifs is 5.